The fourth-order valence-corrected chi connectivity index (χ4v) is 4.09. The summed E-state index contributed by atoms with van der Waals surface area (Å²) < 4.78 is 0. The maximum Gasteiger partial charge on any atom is 0.219 e. The first-order valence-electron chi connectivity index (χ1n) is 10.8. The number of piperazine rings is 1. The summed E-state index contributed by atoms with van der Waals surface area (Å²) in [4.78, 5) is 27.4. The van der Waals surface area contributed by atoms with Crippen molar-refractivity contribution in [3.05, 3.63) is 53.4 Å². The van der Waals surface area contributed by atoms with Gasteiger partial charge in [0, 0.05) is 70.1 Å². The molecule has 158 valence electrons. The van der Waals surface area contributed by atoms with E-state index in [2.05, 4.69) is 66.0 Å². The molecule has 0 N–H and O–H groups in total. The van der Waals surface area contributed by atoms with Gasteiger partial charge in [-0.3, -0.25) is 14.8 Å². The van der Waals surface area contributed by atoms with Crippen molar-refractivity contribution in [2.24, 2.45) is 4.99 Å². The van der Waals surface area contributed by atoms with Gasteiger partial charge in [-0.2, -0.15) is 0 Å². The van der Waals surface area contributed by atoms with Crippen LogP contribution in [0.5, 0.6) is 0 Å². The van der Waals surface area contributed by atoms with Crippen molar-refractivity contribution < 1.29 is 4.79 Å². The zero-order chi connectivity index (χ0) is 21.3. The van der Waals surface area contributed by atoms with Gasteiger partial charge in [-0.15, -0.1) is 0 Å². The molecule has 0 atom stereocenters. The molecule has 0 saturated carbocycles. The van der Waals surface area contributed by atoms with Crippen molar-refractivity contribution in [1.29, 1.82) is 0 Å². The molecule has 0 spiro atoms. The summed E-state index contributed by atoms with van der Waals surface area (Å²) in [5.41, 5.74) is 4.81. The van der Waals surface area contributed by atoms with Gasteiger partial charge in [0.15, 0.2) is 0 Å². The number of hydrogen-bond acceptors (Lipinski definition) is 5. The molecule has 2 aliphatic heterocycles. The number of pyridine rings is 1. The largest absolute Gasteiger partial charge is 0.372 e. The van der Waals surface area contributed by atoms with E-state index in [4.69, 9.17) is 4.99 Å². The second-order valence-corrected chi connectivity index (χ2v) is 8.61. The Morgan fingerprint density at radius 3 is 2.63 bits per heavy atom. The fourth-order valence-electron chi connectivity index (χ4n) is 4.09. The highest BCUT2D eigenvalue weighted by Crippen LogP contribution is 2.22. The number of carbonyl (C=O) groups is 1. The molecule has 0 aliphatic carbocycles. The highest BCUT2D eigenvalue weighted by Gasteiger charge is 2.23. The topological polar surface area (TPSA) is 52.0 Å². The summed E-state index contributed by atoms with van der Waals surface area (Å²) in [6, 6.07) is 8.80. The van der Waals surface area contributed by atoms with Gasteiger partial charge in [0.1, 0.15) is 5.84 Å². The summed E-state index contributed by atoms with van der Waals surface area (Å²) in [5, 5.41) is 1.20. The van der Waals surface area contributed by atoms with Crippen molar-refractivity contribution in [1.82, 2.24) is 19.7 Å². The highest BCUT2D eigenvalue weighted by molar-refractivity contribution is 5.95. The molecule has 1 amide bonds. The summed E-state index contributed by atoms with van der Waals surface area (Å²) in [6.07, 6.45) is 4.17. The molecule has 1 aromatic carbocycles. The minimum atomic E-state index is 0.156. The van der Waals surface area contributed by atoms with Crippen LogP contribution in [0.1, 0.15) is 37.8 Å². The first-order valence-corrected chi connectivity index (χ1v) is 10.8. The van der Waals surface area contributed by atoms with Crippen LogP contribution in [0.3, 0.4) is 0 Å². The molecule has 6 heteroatoms. The van der Waals surface area contributed by atoms with E-state index >= 15 is 0 Å². The Balaban J connectivity index is 1.41. The number of amidine groups is 1. The Bertz CT molecular complexity index is 1000. The molecule has 6 nitrogen and oxygen atoms in total. The molecule has 0 bridgehead atoms. The van der Waals surface area contributed by atoms with E-state index in [1.54, 1.807) is 6.92 Å². The summed E-state index contributed by atoms with van der Waals surface area (Å²) in [6.45, 7) is 10.8. The number of rotatable bonds is 4. The fraction of sp³-hybridized carbons (Fsp3) is 0.458. The van der Waals surface area contributed by atoms with E-state index in [-0.39, 0.29) is 5.91 Å². The van der Waals surface area contributed by atoms with Crippen LogP contribution in [0.15, 0.2) is 47.2 Å². The van der Waals surface area contributed by atoms with Gasteiger partial charge in [0.05, 0.1) is 12.1 Å². The molecule has 1 fully saturated rings. The Morgan fingerprint density at radius 1 is 1.17 bits per heavy atom. The van der Waals surface area contributed by atoms with Gasteiger partial charge in [0.2, 0.25) is 5.91 Å². The number of aliphatic imine (C=N–C) groups is 1. The van der Waals surface area contributed by atoms with E-state index in [1.165, 1.54) is 22.2 Å². The van der Waals surface area contributed by atoms with Crippen molar-refractivity contribution in [3.8, 4) is 0 Å². The number of benzene rings is 1. The first kappa shape index (κ1) is 20.4. The lowest BCUT2D eigenvalue weighted by atomic mass is 10.0. The Morgan fingerprint density at radius 2 is 1.93 bits per heavy atom. The lowest BCUT2D eigenvalue weighted by Crippen LogP contribution is -2.49. The van der Waals surface area contributed by atoms with Gasteiger partial charge in [-0.1, -0.05) is 19.9 Å². The third-order valence-electron chi connectivity index (χ3n) is 6.09. The van der Waals surface area contributed by atoms with E-state index in [1.807, 2.05) is 11.1 Å². The quantitative estimate of drug-likeness (QED) is 0.784. The van der Waals surface area contributed by atoms with Crippen LogP contribution in [-0.2, 0) is 11.3 Å². The van der Waals surface area contributed by atoms with Crippen LogP contribution in [0, 0.1) is 0 Å². The molecule has 2 aromatic rings. The molecule has 1 saturated heterocycles. The third-order valence-corrected chi connectivity index (χ3v) is 6.09. The van der Waals surface area contributed by atoms with Gasteiger partial charge in [-0.25, -0.2) is 0 Å². The number of fused-ring (bicyclic) bond motifs is 1. The molecule has 1 aromatic heterocycles. The zero-order valence-electron chi connectivity index (χ0n) is 18.4. The second kappa shape index (κ2) is 8.46. The van der Waals surface area contributed by atoms with Gasteiger partial charge in [0.25, 0.3) is 0 Å². The smallest absolute Gasteiger partial charge is 0.219 e. The number of nitrogens with zero attached hydrogens (tertiary/aromatic N) is 5. The van der Waals surface area contributed by atoms with Crippen molar-refractivity contribution in [3.63, 3.8) is 0 Å². The van der Waals surface area contributed by atoms with Crippen LogP contribution in [0.2, 0.25) is 0 Å². The molecule has 0 radical (unpaired) electrons. The van der Waals surface area contributed by atoms with Crippen LogP contribution in [0.4, 0.5) is 0 Å². The monoisotopic (exact) mass is 405 g/mol. The first-order chi connectivity index (χ1) is 14.4. The SMILES string of the molecule is CC(=O)N1CCN(C2=NCC(N(C)Cc3cnc4ccc(C(C)C)cc4c3)=C2)CC1. The number of hydrogen-bond donors (Lipinski definition) is 0. The van der Waals surface area contributed by atoms with Crippen LogP contribution < -0.4 is 0 Å². The predicted octanol–water partition coefficient (Wildman–Crippen LogP) is 3.25. The Kier molecular flexibility index (Phi) is 5.75. The molecular weight excluding hydrogens is 374 g/mol. The highest BCUT2D eigenvalue weighted by atomic mass is 16.2. The number of carbonyl (C=O) groups excluding carboxylic acids is 1. The van der Waals surface area contributed by atoms with E-state index in [0.29, 0.717) is 12.5 Å². The second-order valence-electron chi connectivity index (χ2n) is 8.61. The van der Waals surface area contributed by atoms with E-state index in [9.17, 15) is 4.79 Å². The summed E-state index contributed by atoms with van der Waals surface area (Å²) in [7, 11) is 2.12. The van der Waals surface area contributed by atoms with Crippen LogP contribution in [-0.4, -0.2) is 71.2 Å². The van der Waals surface area contributed by atoms with Gasteiger partial charge < -0.3 is 14.7 Å². The van der Waals surface area contributed by atoms with Crippen molar-refractivity contribution in [2.45, 2.75) is 33.2 Å². The van der Waals surface area contributed by atoms with Crippen molar-refractivity contribution >= 4 is 22.6 Å². The molecule has 2 aliphatic rings. The molecular formula is C24H31N5O. The number of amides is 1. The van der Waals surface area contributed by atoms with E-state index in [0.717, 1.165) is 44.1 Å². The van der Waals surface area contributed by atoms with Crippen LogP contribution >= 0.6 is 0 Å². The minimum absolute atomic E-state index is 0.156. The number of likely N-dealkylation sites (N-methyl/N-ethyl adjacent to an activating group) is 1. The van der Waals surface area contributed by atoms with Gasteiger partial charge in [-0.05, 0) is 35.2 Å². The average molecular weight is 406 g/mol. The summed E-state index contributed by atoms with van der Waals surface area (Å²) >= 11 is 0. The maximum atomic E-state index is 11.5. The molecule has 30 heavy (non-hydrogen) atoms. The minimum Gasteiger partial charge on any atom is -0.372 e. The molecule has 4 rings (SSSR count). The zero-order valence-corrected chi connectivity index (χ0v) is 18.4. The maximum absolute atomic E-state index is 11.5. The van der Waals surface area contributed by atoms with Gasteiger partial charge >= 0.3 is 0 Å². The van der Waals surface area contributed by atoms with Crippen molar-refractivity contribution in [2.75, 3.05) is 39.8 Å². The Hall–Kier alpha value is -2.89. The third kappa shape index (κ3) is 4.32. The molecule has 0 unspecified atom stereocenters. The lowest BCUT2D eigenvalue weighted by Gasteiger charge is -2.35. The lowest BCUT2D eigenvalue weighted by molar-refractivity contribution is -0.130. The van der Waals surface area contributed by atoms with Crippen LogP contribution in [0.25, 0.3) is 10.9 Å². The molecule has 3 heterocycles. The standard InChI is InChI=1S/C24H31N5O/c1-17(2)20-5-6-23-21(12-20)11-19(14-25-23)16-27(4)22-13-24(26-15-22)29-9-7-28(8-10-29)18(3)30/h5-6,11-14,17H,7-10,15-16H2,1-4H3. The Labute approximate surface area is 178 Å². The van der Waals surface area contributed by atoms with E-state index < -0.39 is 0 Å². The number of aromatic nitrogens is 1. The predicted molar refractivity (Wildman–Crippen MR) is 122 cm³/mol. The summed E-state index contributed by atoms with van der Waals surface area (Å²) in [5.74, 6) is 1.71. The average Bonchev–Trinajstić information content (AvgIpc) is 3.23. The normalized spacial score (nSPS) is 16.8.